The molecule has 0 bridgehead atoms. The molecule has 0 aliphatic carbocycles. The fourth-order valence-corrected chi connectivity index (χ4v) is 2.94. The predicted molar refractivity (Wildman–Crippen MR) is 80.1 cm³/mol. The summed E-state index contributed by atoms with van der Waals surface area (Å²) in [4.78, 5) is 14.3. The number of carbonyl (C=O) groups is 1. The largest absolute Gasteiger partial charge is 0.339 e. The number of halogens is 2. The molecule has 0 N–H and O–H groups in total. The van der Waals surface area contributed by atoms with Crippen LogP contribution >= 0.6 is 23.2 Å². The lowest BCUT2D eigenvalue weighted by molar-refractivity contribution is 0.0608. The van der Waals surface area contributed by atoms with E-state index in [9.17, 15) is 4.79 Å². The van der Waals surface area contributed by atoms with Gasteiger partial charge >= 0.3 is 0 Å². The number of likely N-dealkylation sites (tertiary alicyclic amines) is 1. The zero-order valence-electron chi connectivity index (χ0n) is 12.0. The van der Waals surface area contributed by atoms with Crippen molar-refractivity contribution in [3.8, 4) is 0 Å². The Kier molecular flexibility index (Phi) is 4.55. The Labute approximate surface area is 129 Å². The summed E-state index contributed by atoms with van der Waals surface area (Å²) in [5.74, 6) is 0.528. The van der Waals surface area contributed by atoms with Crippen molar-refractivity contribution in [1.29, 1.82) is 0 Å². The topological polar surface area (TPSA) is 46.1 Å². The number of amides is 1. The summed E-state index contributed by atoms with van der Waals surface area (Å²) in [5.41, 5.74) is 0.620. The van der Waals surface area contributed by atoms with E-state index < -0.39 is 0 Å². The molecular weight excluding hydrogens is 297 g/mol. The molecule has 0 aromatic carbocycles. The van der Waals surface area contributed by atoms with Crippen molar-refractivity contribution in [2.75, 3.05) is 13.1 Å². The Bertz CT molecular complexity index is 506. The van der Waals surface area contributed by atoms with E-state index in [-0.39, 0.29) is 21.6 Å². The molecule has 0 spiro atoms. The van der Waals surface area contributed by atoms with E-state index in [1.165, 1.54) is 6.07 Å². The third-order valence-corrected chi connectivity index (χ3v) is 4.42. The van der Waals surface area contributed by atoms with Gasteiger partial charge in [-0.05, 0) is 30.2 Å². The van der Waals surface area contributed by atoms with Crippen LogP contribution in [-0.4, -0.2) is 34.1 Å². The Balaban J connectivity index is 2.07. The number of carbonyl (C=O) groups excluding carboxylic acids is 1. The fourth-order valence-electron chi connectivity index (χ4n) is 2.62. The second kappa shape index (κ2) is 5.86. The summed E-state index contributed by atoms with van der Waals surface area (Å²) >= 11 is 11.7. The highest BCUT2D eigenvalue weighted by atomic mass is 35.5. The van der Waals surface area contributed by atoms with Gasteiger partial charge in [-0.15, -0.1) is 10.2 Å². The molecule has 0 radical (unpaired) electrons. The Hall–Kier alpha value is -0.870. The van der Waals surface area contributed by atoms with Crippen LogP contribution in [0.25, 0.3) is 0 Å². The highest BCUT2D eigenvalue weighted by molar-refractivity contribution is 6.34. The average molecular weight is 316 g/mol. The van der Waals surface area contributed by atoms with E-state index in [4.69, 9.17) is 23.2 Å². The molecule has 1 aromatic heterocycles. The summed E-state index contributed by atoms with van der Waals surface area (Å²) < 4.78 is 0. The molecule has 2 heterocycles. The molecule has 2 rings (SSSR count). The second-order valence-corrected chi connectivity index (χ2v) is 7.05. The molecule has 1 aromatic rings. The molecule has 110 valence electrons. The van der Waals surface area contributed by atoms with Crippen molar-refractivity contribution in [1.82, 2.24) is 15.1 Å². The molecule has 0 atom stereocenters. The second-order valence-electron chi connectivity index (χ2n) is 6.30. The van der Waals surface area contributed by atoms with Crippen molar-refractivity contribution in [2.24, 2.45) is 11.3 Å². The lowest BCUT2D eigenvalue weighted by Crippen LogP contribution is -2.41. The zero-order chi connectivity index (χ0) is 14.9. The van der Waals surface area contributed by atoms with E-state index in [0.717, 1.165) is 25.9 Å². The quantitative estimate of drug-likeness (QED) is 0.794. The minimum atomic E-state index is -0.112. The maximum Gasteiger partial charge on any atom is 0.257 e. The summed E-state index contributed by atoms with van der Waals surface area (Å²) in [6.07, 6.45) is 2.03. The van der Waals surface area contributed by atoms with Gasteiger partial charge in [0, 0.05) is 13.1 Å². The number of rotatable bonds is 1. The minimum Gasteiger partial charge on any atom is -0.339 e. The summed E-state index contributed by atoms with van der Waals surface area (Å²) in [6.45, 7) is 8.24. The maximum absolute atomic E-state index is 12.4. The normalized spacial score (nSPS) is 17.4. The van der Waals surface area contributed by atoms with Gasteiger partial charge in [-0.25, -0.2) is 0 Å². The van der Waals surface area contributed by atoms with Gasteiger partial charge in [-0.1, -0.05) is 44.0 Å². The third-order valence-electron chi connectivity index (χ3n) is 3.96. The molecule has 1 saturated heterocycles. The summed E-state index contributed by atoms with van der Waals surface area (Å²) in [6, 6.07) is 1.48. The molecule has 4 nitrogen and oxygen atoms in total. The van der Waals surface area contributed by atoms with Crippen LogP contribution in [-0.2, 0) is 0 Å². The average Bonchev–Trinajstić information content (AvgIpc) is 2.40. The van der Waals surface area contributed by atoms with Crippen LogP contribution in [0.1, 0.15) is 44.0 Å². The van der Waals surface area contributed by atoms with Crippen molar-refractivity contribution < 1.29 is 4.79 Å². The molecule has 20 heavy (non-hydrogen) atoms. The van der Waals surface area contributed by atoms with Gasteiger partial charge in [0.1, 0.15) is 0 Å². The van der Waals surface area contributed by atoms with E-state index >= 15 is 0 Å². The van der Waals surface area contributed by atoms with Gasteiger partial charge in [0.15, 0.2) is 10.3 Å². The van der Waals surface area contributed by atoms with Crippen molar-refractivity contribution >= 4 is 29.1 Å². The lowest BCUT2D eigenvalue weighted by atomic mass is 9.75. The first-order valence-electron chi connectivity index (χ1n) is 6.77. The van der Waals surface area contributed by atoms with Gasteiger partial charge in [0.05, 0.1) is 5.56 Å². The van der Waals surface area contributed by atoms with Crippen LogP contribution in [0.4, 0.5) is 0 Å². The molecule has 0 saturated carbocycles. The first-order chi connectivity index (χ1) is 9.29. The van der Waals surface area contributed by atoms with Crippen LogP contribution in [0.5, 0.6) is 0 Å². The first kappa shape index (κ1) is 15.5. The van der Waals surface area contributed by atoms with Gasteiger partial charge in [0.2, 0.25) is 0 Å². The smallest absolute Gasteiger partial charge is 0.257 e. The highest BCUT2D eigenvalue weighted by Gasteiger charge is 2.31. The fraction of sp³-hybridized carbons (Fsp3) is 0.643. The van der Waals surface area contributed by atoms with Crippen LogP contribution in [0.3, 0.4) is 0 Å². The summed E-state index contributed by atoms with van der Waals surface area (Å²) in [7, 11) is 0. The van der Waals surface area contributed by atoms with Crippen molar-refractivity contribution in [2.45, 2.75) is 33.6 Å². The Morgan fingerprint density at radius 1 is 1.25 bits per heavy atom. The van der Waals surface area contributed by atoms with Crippen LogP contribution in [0.15, 0.2) is 6.07 Å². The number of aromatic nitrogens is 2. The molecule has 1 aliphatic heterocycles. The zero-order valence-corrected chi connectivity index (χ0v) is 13.5. The predicted octanol–water partition coefficient (Wildman–Crippen LogP) is 3.68. The third kappa shape index (κ3) is 3.41. The van der Waals surface area contributed by atoms with Gasteiger partial charge in [-0.3, -0.25) is 4.79 Å². The lowest BCUT2D eigenvalue weighted by Gasteiger charge is -2.38. The van der Waals surface area contributed by atoms with Crippen LogP contribution in [0.2, 0.25) is 10.3 Å². The molecule has 0 unspecified atom stereocenters. The Morgan fingerprint density at radius 2 is 1.85 bits per heavy atom. The van der Waals surface area contributed by atoms with E-state index in [2.05, 4.69) is 31.0 Å². The van der Waals surface area contributed by atoms with Gasteiger partial charge in [0.25, 0.3) is 5.91 Å². The number of hydrogen-bond acceptors (Lipinski definition) is 3. The molecular formula is C14H19Cl2N3O. The summed E-state index contributed by atoms with van der Waals surface area (Å²) in [5, 5.41) is 7.60. The molecule has 1 amide bonds. The van der Waals surface area contributed by atoms with Crippen molar-refractivity contribution in [3.63, 3.8) is 0 Å². The van der Waals surface area contributed by atoms with Gasteiger partial charge in [-0.2, -0.15) is 0 Å². The molecule has 6 heteroatoms. The number of nitrogens with zero attached hydrogens (tertiary/aromatic N) is 3. The monoisotopic (exact) mass is 315 g/mol. The number of piperidine rings is 1. The SMILES string of the molecule is CC(C)(C)C1CCN(C(=O)c2cc(Cl)nnc2Cl)CC1. The van der Waals surface area contributed by atoms with E-state index in [1.54, 1.807) is 0 Å². The first-order valence-corrected chi connectivity index (χ1v) is 7.52. The molecule has 1 fully saturated rings. The van der Waals surface area contributed by atoms with E-state index in [1.807, 2.05) is 4.90 Å². The Morgan fingerprint density at radius 3 is 2.40 bits per heavy atom. The van der Waals surface area contributed by atoms with Crippen LogP contribution < -0.4 is 0 Å². The number of hydrogen-bond donors (Lipinski definition) is 0. The minimum absolute atomic E-state index is 0.109. The van der Waals surface area contributed by atoms with Gasteiger partial charge < -0.3 is 4.90 Å². The standard InChI is InChI=1S/C14H19Cl2N3O/c1-14(2,3)9-4-6-19(7-5-9)13(20)10-8-11(15)17-18-12(10)16/h8-9H,4-7H2,1-3H3. The maximum atomic E-state index is 12.4. The van der Waals surface area contributed by atoms with Crippen molar-refractivity contribution in [3.05, 3.63) is 21.9 Å². The highest BCUT2D eigenvalue weighted by Crippen LogP contribution is 2.34. The molecule has 1 aliphatic rings. The van der Waals surface area contributed by atoms with Crippen LogP contribution in [0, 0.1) is 11.3 Å². The van der Waals surface area contributed by atoms with E-state index in [0.29, 0.717) is 11.5 Å².